The highest BCUT2D eigenvalue weighted by atomic mass is 32.2. The molecule has 0 radical (unpaired) electrons. The second-order valence-electron chi connectivity index (χ2n) is 8.04. The predicted octanol–water partition coefficient (Wildman–Crippen LogP) is 1.48. The van der Waals surface area contributed by atoms with Gasteiger partial charge in [-0.2, -0.15) is 8.42 Å². The Hall–Kier alpha value is -1.72. The lowest BCUT2D eigenvalue weighted by atomic mass is 10.4. The maximum absolute atomic E-state index is 11.9. The van der Waals surface area contributed by atoms with E-state index >= 15 is 0 Å². The first-order chi connectivity index (χ1) is 20.1. The Kier molecular flexibility index (Phi) is 24.7. The quantitative estimate of drug-likeness (QED) is 0.0705. The van der Waals surface area contributed by atoms with Crippen molar-refractivity contribution >= 4 is 16.1 Å². The number of hydrogen-bond donors (Lipinski definition) is 0. The smallest absolute Gasteiger partial charge is 0.308 e. The second kappa shape index (κ2) is 27.1. The minimum atomic E-state index is -3.76. The van der Waals surface area contributed by atoms with Gasteiger partial charge >= 0.3 is 5.97 Å². The average molecular weight is 611 g/mol. The van der Waals surface area contributed by atoms with E-state index in [1.165, 1.54) is 12.1 Å². The van der Waals surface area contributed by atoms with Crippen molar-refractivity contribution in [2.45, 2.75) is 18.2 Å². The summed E-state index contributed by atoms with van der Waals surface area (Å²) in [7, 11) is -3.76. The van der Waals surface area contributed by atoms with Gasteiger partial charge in [-0.15, -0.1) is 0 Å². The maximum Gasteiger partial charge on any atom is 0.308 e. The number of hydrogen-bond acceptors (Lipinski definition) is 13. The van der Waals surface area contributed by atoms with Crippen molar-refractivity contribution in [1.82, 2.24) is 0 Å². The van der Waals surface area contributed by atoms with Crippen LogP contribution in [0.5, 0.6) is 0 Å². The molecule has 0 spiro atoms. The third-order valence-electron chi connectivity index (χ3n) is 4.86. The molecule has 0 N–H and O–H groups in total. The number of benzene rings is 1. The van der Waals surface area contributed by atoms with Crippen LogP contribution in [0.4, 0.5) is 0 Å². The van der Waals surface area contributed by atoms with E-state index in [1.54, 1.807) is 25.1 Å². The number of rotatable bonds is 30. The van der Waals surface area contributed by atoms with Crippen molar-refractivity contribution in [1.29, 1.82) is 0 Å². The highest BCUT2D eigenvalue weighted by Crippen LogP contribution is 2.10. The molecule has 0 aliphatic rings. The Morgan fingerprint density at radius 1 is 0.537 bits per heavy atom. The molecule has 0 aliphatic heterocycles. The van der Waals surface area contributed by atoms with Gasteiger partial charge in [0.1, 0.15) is 0 Å². The molecule has 0 aliphatic carbocycles. The molecule has 0 amide bonds. The fraction of sp³-hybridized carbons (Fsp3) is 0.741. The summed E-state index contributed by atoms with van der Waals surface area (Å²) in [4.78, 5) is 11.2. The summed E-state index contributed by atoms with van der Waals surface area (Å²) in [6.07, 6.45) is 0.248. The monoisotopic (exact) mass is 610 g/mol. The number of carbonyl (C=O) groups is 1. The van der Waals surface area contributed by atoms with Crippen LogP contribution in [-0.2, 0) is 61.7 Å². The molecule has 0 saturated carbocycles. The molecule has 14 heteroatoms. The van der Waals surface area contributed by atoms with Crippen LogP contribution in [0.1, 0.15) is 13.3 Å². The van der Waals surface area contributed by atoms with Crippen LogP contribution < -0.4 is 0 Å². The average Bonchev–Trinajstić information content (AvgIpc) is 2.97. The van der Waals surface area contributed by atoms with E-state index in [0.29, 0.717) is 106 Å². The molecule has 0 saturated heterocycles. The summed E-state index contributed by atoms with van der Waals surface area (Å²) in [6.45, 7) is 8.67. The Morgan fingerprint density at radius 3 is 1.24 bits per heavy atom. The summed E-state index contributed by atoms with van der Waals surface area (Å²) in [5, 5.41) is 0. The van der Waals surface area contributed by atoms with Crippen LogP contribution in [-0.4, -0.2) is 133 Å². The van der Waals surface area contributed by atoms with Gasteiger partial charge in [-0.05, 0) is 19.1 Å². The zero-order chi connectivity index (χ0) is 29.7. The molecule has 41 heavy (non-hydrogen) atoms. The minimum absolute atomic E-state index is 0.0609. The summed E-state index contributed by atoms with van der Waals surface area (Å²) in [5.41, 5.74) is 0. The molecule has 13 nitrogen and oxygen atoms in total. The molecule has 1 rings (SSSR count). The molecule has 0 atom stereocenters. The SMILES string of the molecule is CCOC(=O)CCOCCOCCOCCOCCOCCOCCOCCOCCOS(=O)(=O)c1ccccc1. The van der Waals surface area contributed by atoms with Crippen LogP contribution in [0.15, 0.2) is 35.2 Å². The zero-order valence-electron chi connectivity index (χ0n) is 24.0. The summed E-state index contributed by atoms with van der Waals surface area (Å²) in [5.74, 6) is -0.259. The summed E-state index contributed by atoms with van der Waals surface area (Å²) in [6, 6.07) is 7.96. The number of esters is 1. The topological polar surface area (TPSA) is 144 Å². The molecule has 1 aromatic carbocycles. The molecule has 0 heterocycles. The van der Waals surface area contributed by atoms with Crippen molar-refractivity contribution in [3.8, 4) is 0 Å². The summed E-state index contributed by atoms with van der Waals surface area (Å²) < 4.78 is 76.6. The molecule has 238 valence electrons. The maximum atomic E-state index is 11.9. The lowest BCUT2D eigenvalue weighted by molar-refractivity contribution is -0.144. The highest BCUT2D eigenvalue weighted by molar-refractivity contribution is 7.86. The molecule has 1 aromatic rings. The predicted molar refractivity (Wildman–Crippen MR) is 147 cm³/mol. The van der Waals surface area contributed by atoms with Crippen molar-refractivity contribution < 1.29 is 60.0 Å². The lowest BCUT2D eigenvalue weighted by Crippen LogP contribution is -2.15. The third-order valence-corrected chi connectivity index (χ3v) is 6.18. The van der Waals surface area contributed by atoms with Crippen molar-refractivity contribution in [3.05, 3.63) is 30.3 Å². The van der Waals surface area contributed by atoms with Crippen molar-refractivity contribution in [2.75, 3.05) is 119 Å². The molecular formula is C27H46O13S. The van der Waals surface area contributed by atoms with Crippen LogP contribution in [0.2, 0.25) is 0 Å². The normalized spacial score (nSPS) is 11.6. The van der Waals surface area contributed by atoms with E-state index in [9.17, 15) is 13.2 Å². The lowest BCUT2D eigenvalue weighted by Gasteiger charge is -2.09. The largest absolute Gasteiger partial charge is 0.466 e. The Morgan fingerprint density at radius 2 is 0.878 bits per heavy atom. The fourth-order valence-electron chi connectivity index (χ4n) is 2.89. The van der Waals surface area contributed by atoms with Gasteiger partial charge in [-0.25, -0.2) is 0 Å². The van der Waals surface area contributed by atoms with E-state index in [-0.39, 0.29) is 30.5 Å². The first-order valence-corrected chi connectivity index (χ1v) is 15.2. The van der Waals surface area contributed by atoms with Crippen molar-refractivity contribution in [3.63, 3.8) is 0 Å². The van der Waals surface area contributed by atoms with Gasteiger partial charge in [-0.1, -0.05) is 18.2 Å². The fourth-order valence-corrected chi connectivity index (χ4v) is 3.80. The first kappa shape index (κ1) is 37.3. The minimum Gasteiger partial charge on any atom is -0.466 e. The van der Waals surface area contributed by atoms with Gasteiger partial charge in [0.15, 0.2) is 0 Å². The summed E-state index contributed by atoms with van der Waals surface area (Å²) >= 11 is 0. The zero-order valence-corrected chi connectivity index (χ0v) is 24.9. The highest BCUT2D eigenvalue weighted by Gasteiger charge is 2.13. The van der Waals surface area contributed by atoms with E-state index in [0.717, 1.165) is 0 Å². The van der Waals surface area contributed by atoms with Gasteiger partial charge in [0, 0.05) is 0 Å². The van der Waals surface area contributed by atoms with Gasteiger partial charge in [0.25, 0.3) is 10.1 Å². The Bertz CT molecular complexity index is 824. The third kappa shape index (κ3) is 23.5. The van der Waals surface area contributed by atoms with E-state index in [2.05, 4.69) is 0 Å². The Labute approximate surface area is 243 Å². The number of ether oxygens (including phenoxy) is 9. The molecule has 0 aromatic heterocycles. The molecule has 0 bridgehead atoms. The first-order valence-electron chi connectivity index (χ1n) is 13.8. The van der Waals surface area contributed by atoms with Crippen molar-refractivity contribution in [2.24, 2.45) is 0 Å². The van der Waals surface area contributed by atoms with Gasteiger partial charge < -0.3 is 42.6 Å². The Balaban J connectivity index is 1.70. The van der Waals surface area contributed by atoms with E-state index in [4.69, 9.17) is 46.8 Å². The second-order valence-corrected chi connectivity index (χ2v) is 9.66. The van der Waals surface area contributed by atoms with Crippen LogP contribution in [0.25, 0.3) is 0 Å². The van der Waals surface area contributed by atoms with E-state index in [1.807, 2.05) is 0 Å². The van der Waals surface area contributed by atoms with Crippen LogP contribution in [0, 0.1) is 0 Å². The molecular weight excluding hydrogens is 564 g/mol. The molecule has 0 fully saturated rings. The van der Waals surface area contributed by atoms with Crippen LogP contribution >= 0.6 is 0 Å². The van der Waals surface area contributed by atoms with Crippen LogP contribution in [0.3, 0.4) is 0 Å². The van der Waals surface area contributed by atoms with Gasteiger partial charge in [0.05, 0.1) is 130 Å². The van der Waals surface area contributed by atoms with E-state index < -0.39 is 10.1 Å². The van der Waals surface area contributed by atoms with Gasteiger partial charge in [0.2, 0.25) is 0 Å². The standard InChI is InChI=1S/C27H46O13S/c1-2-39-27(28)8-9-31-10-11-32-12-13-33-14-15-34-16-17-35-18-19-36-20-21-37-22-23-38-24-25-40-41(29,30)26-6-4-3-5-7-26/h3-7H,2,8-25H2,1H3. The molecule has 0 unspecified atom stereocenters. The number of carbonyl (C=O) groups excluding carboxylic acids is 1. The van der Waals surface area contributed by atoms with Gasteiger partial charge in [-0.3, -0.25) is 8.98 Å².